The number of hydrogen-bond donors (Lipinski definition) is 1. The highest BCUT2D eigenvalue weighted by Crippen LogP contribution is 2.25. The third-order valence-corrected chi connectivity index (χ3v) is 4.57. The molecule has 0 atom stereocenters. The third kappa shape index (κ3) is 4.79. The highest BCUT2D eigenvalue weighted by molar-refractivity contribution is 6.33. The van der Waals surface area contributed by atoms with Crippen LogP contribution in [0.3, 0.4) is 0 Å². The third-order valence-electron chi connectivity index (χ3n) is 4.28. The number of furan rings is 1. The van der Waals surface area contributed by atoms with Crippen LogP contribution in [-0.4, -0.2) is 55.1 Å². The van der Waals surface area contributed by atoms with Crippen molar-refractivity contribution in [2.24, 2.45) is 4.99 Å². The highest BCUT2D eigenvalue weighted by Gasteiger charge is 2.21. The van der Waals surface area contributed by atoms with Crippen LogP contribution < -0.4 is 10.2 Å². The van der Waals surface area contributed by atoms with Gasteiger partial charge in [-0.1, -0.05) is 17.7 Å². The summed E-state index contributed by atoms with van der Waals surface area (Å²) in [5.74, 6) is 1.87. The Bertz CT molecular complexity index is 723. The van der Waals surface area contributed by atoms with Crippen LogP contribution in [-0.2, 0) is 6.42 Å². The van der Waals surface area contributed by atoms with E-state index >= 15 is 0 Å². The topological polar surface area (TPSA) is 56.9 Å². The average molecular weight is 374 g/mol. The number of piperazine rings is 1. The number of nitrogens with zero attached hydrogens (tertiary/aromatic N) is 4. The van der Waals surface area contributed by atoms with Gasteiger partial charge in [0.05, 0.1) is 17.0 Å². The normalized spacial score (nSPS) is 15.2. The van der Waals surface area contributed by atoms with Gasteiger partial charge in [0.1, 0.15) is 5.76 Å². The first-order valence-corrected chi connectivity index (χ1v) is 9.16. The standard InChI is InChI=1S/C19H24ClN5O/c1-2-7-22-19(23-9-5-16-4-3-14-26-16)25-12-10-24(11-13-25)18-6-8-21-15-17(18)20/h2-4,6,8,14-15H,1,5,7,9-13H2,(H,22,23). The number of guanidine groups is 1. The van der Waals surface area contributed by atoms with E-state index in [9.17, 15) is 0 Å². The Labute approximate surface area is 159 Å². The van der Waals surface area contributed by atoms with E-state index < -0.39 is 0 Å². The molecule has 1 saturated heterocycles. The number of anilines is 1. The molecule has 26 heavy (non-hydrogen) atoms. The van der Waals surface area contributed by atoms with Gasteiger partial charge in [0.25, 0.3) is 0 Å². The van der Waals surface area contributed by atoms with Gasteiger partial charge in [-0.2, -0.15) is 0 Å². The van der Waals surface area contributed by atoms with Crippen LogP contribution in [0.2, 0.25) is 5.02 Å². The fraction of sp³-hybridized carbons (Fsp3) is 0.368. The lowest BCUT2D eigenvalue weighted by Crippen LogP contribution is -2.52. The Balaban J connectivity index is 1.59. The summed E-state index contributed by atoms with van der Waals surface area (Å²) < 4.78 is 5.37. The van der Waals surface area contributed by atoms with Crippen molar-refractivity contribution in [1.82, 2.24) is 15.2 Å². The summed E-state index contributed by atoms with van der Waals surface area (Å²) in [6.45, 7) is 8.68. The summed E-state index contributed by atoms with van der Waals surface area (Å²) in [7, 11) is 0. The van der Waals surface area contributed by atoms with Gasteiger partial charge >= 0.3 is 0 Å². The number of nitrogens with one attached hydrogen (secondary N) is 1. The SMILES string of the molecule is C=CCNC(=NCCc1ccco1)N1CCN(c2ccncc2Cl)CC1. The molecule has 0 spiro atoms. The van der Waals surface area contributed by atoms with Gasteiger partial charge in [-0.15, -0.1) is 6.58 Å². The lowest BCUT2D eigenvalue weighted by molar-refractivity contribution is 0.373. The maximum absolute atomic E-state index is 6.27. The predicted molar refractivity (Wildman–Crippen MR) is 106 cm³/mol. The zero-order valence-corrected chi connectivity index (χ0v) is 15.5. The molecule has 1 aliphatic heterocycles. The van der Waals surface area contributed by atoms with E-state index in [0.29, 0.717) is 18.1 Å². The summed E-state index contributed by atoms with van der Waals surface area (Å²) in [5, 5.41) is 4.05. The minimum atomic E-state index is 0.684. The summed E-state index contributed by atoms with van der Waals surface area (Å²) in [6.07, 6.45) is 7.80. The summed E-state index contributed by atoms with van der Waals surface area (Å²) in [6, 6.07) is 5.84. The predicted octanol–water partition coefficient (Wildman–Crippen LogP) is 2.82. The van der Waals surface area contributed by atoms with E-state index in [-0.39, 0.29) is 0 Å². The number of pyridine rings is 1. The number of rotatable bonds is 6. The van der Waals surface area contributed by atoms with Gasteiger partial charge in [0, 0.05) is 58.1 Å². The molecule has 7 heteroatoms. The molecule has 0 unspecified atom stereocenters. The minimum absolute atomic E-state index is 0.684. The van der Waals surface area contributed by atoms with Gasteiger partial charge in [0.2, 0.25) is 0 Å². The molecule has 0 aliphatic carbocycles. The lowest BCUT2D eigenvalue weighted by Gasteiger charge is -2.38. The largest absolute Gasteiger partial charge is 0.469 e. The average Bonchev–Trinajstić information content (AvgIpc) is 3.19. The molecule has 0 saturated carbocycles. The molecule has 6 nitrogen and oxygen atoms in total. The number of hydrogen-bond acceptors (Lipinski definition) is 4. The lowest BCUT2D eigenvalue weighted by atomic mass is 10.2. The molecule has 0 radical (unpaired) electrons. The zero-order chi connectivity index (χ0) is 18.2. The fourth-order valence-electron chi connectivity index (χ4n) is 2.94. The zero-order valence-electron chi connectivity index (χ0n) is 14.8. The highest BCUT2D eigenvalue weighted by atomic mass is 35.5. The first kappa shape index (κ1) is 18.3. The Morgan fingerprint density at radius 2 is 2.19 bits per heavy atom. The number of aromatic nitrogens is 1. The molecule has 138 valence electrons. The molecule has 2 aromatic heterocycles. The van der Waals surface area contributed by atoms with Gasteiger partial charge in [-0.05, 0) is 18.2 Å². The van der Waals surface area contributed by atoms with Gasteiger partial charge < -0.3 is 19.5 Å². The maximum atomic E-state index is 6.27. The van der Waals surface area contributed by atoms with Gasteiger partial charge in [0.15, 0.2) is 5.96 Å². The Hall–Kier alpha value is -2.47. The molecule has 3 rings (SSSR count). The molecule has 1 N–H and O–H groups in total. The minimum Gasteiger partial charge on any atom is -0.469 e. The summed E-state index contributed by atoms with van der Waals surface area (Å²) >= 11 is 6.27. The second kappa shape index (κ2) is 9.29. The van der Waals surface area contributed by atoms with Crippen LogP contribution in [0.5, 0.6) is 0 Å². The molecule has 1 fully saturated rings. The van der Waals surface area contributed by atoms with Crippen molar-refractivity contribution >= 4 is 23.2 Å². The van der Waals surface area contributed by atoms with Crippen LogP contribution >= 0.6 is 11.6 Å². The number of aliphatic imine (C=N–C) groups is 1. The monoisotopic (exact) mass is 373 g/mol. The fourth-order valence-corrected chi connectivity index (χ4v) is 3.18. The molecule has 0 amide bonds. The molecule has 0 aromatic carbocycles. The number of halogens is 1. The van der Waals surface area contributed by atoms with E-state index in [2.05, 4.69) is 26.7 Å². The second-order valence-corrected chi connectivity index (χ2v) is 6.41. The Morgan fingerprint density at radius 3 is 2.88 bits per heavy atom. The van der Waals surface area contributed by atoms with Crippen molar-refractivity contribution in [1.29, 1.82) is 0 Å². The first-order valence-electron chi connectivity index (χ1n) is 8.79. The van der Waals surface area contributed by atoms with E-state index in [1.807, 2.05) is 24.3 Å². The van der Waals surface area contributed by atoms with E-state index in [0.717, 1.165) is 50.0 Å². The van der Waals surface area contributed by atoms with Crippen LogP contribution in [0.1, 0.15) is 5.76 Å². The Kier molecular flexibility index (Phi) is 6.55. The molecular weight excluding hydrogens is 350 g/mol. The van der Waals surface area contributed by atoms with Crippen molar-refractivity contribution in [2.75, 3.05) is 44.2 Å². The van der Waals surface area contributed by atoms with Crippen molar-refractivity contribution < 1.29 is 4.42 Å². The van der Waals surface area contributed by atoms with Crippen molar-refractivity contribution in [3.05, 3.63) is 60.3 Å². The quantitative estimate of drug-likeness (QED) is 0.479. The van der Waals surface area contributed by atoms with E-state index in [1.54, 1.807) is 18.7 Å². The van der Waals surface area contributed by atoms with Crippen LogP contribution in [0, 0.1) is 0 Å². The molecular formula is C19H24ClN5O. The first-order chi connectivity index (χ1) is 12.8. The van der Waals surface area contributed by atoms with Crippen LogP contribution in [0.4, 0.5) is 5.69 Å². The second-order valence-electron chi connectivity index (χ2n) is 6.01. The van der Waals surface area contributed by atoms with Crippen LogP contribution in [0.15, 0.2) is 58.9 Å². The maximum Gasteiger partial charge on any atom is 0.194 e. The van der Waals surface area contributed by atoms with Gasteiger partial charge in [-0.25, -0.2) is 0 Å². The molecule has 0 bridgehead atoms. The molecule has 1 aliphatic rings. The van der Waals surface area contributed by atoms with Crippen LogP contribution in [0.25, 0.3) is 0 Å². The van der Waals surface area contributed by atoms with Crippen molar-refractivity contribution in [3.8, 4) is 0 Å². The molecule has 2 aromatic rings. The van der Waals surface area contributed by atoms with Crippen molar-refractivity contribution in [3.63, 3.8) is 0 Å². The molecule has 3 heterocycles. The van der Waals surface area contributed by atoms with Gasteiger partial charge in [-0.3, -0.25) is 9.98 Å². The van der Waals surface area contributed by atoms with E-state index in [1.165, 1.54) is 0 Å². The smallest absolute Gasteiger partial charge is 0.194 e. The summed E-state index contributed by atoms with van der Waals surface area (Å²) in [5.41, 5.74) is 1.04. The Morgan fingerprint density at radius 1 is 1.35 bits per heavy atom. The van der Waals surface area contributed by atoms with Crippen molar-refractivity contribution in [2.45, 2.75) is 6.42 Å². The summed E-state index contributed by atoms with van der Waals surface area (Å²) in [4.78, 5) is 13.4. The van der Waals surface area contributed by atoms with E-state index in [4.69, 9.17) is 21.0 Å².